The molecule has 0 saturated heterocycles. The van der Waals surface area contributed by atoms with Gasteiger partial charge in [0.2, 0.25) is 5.87 Å². The Balaban J connectivity index is 0.000000335. The molecule has 174 valence electrons. The van der Waals surface area contributed by atoms with Crippen molar-refractivity contribution in [1.29, 1.82) is 0 Å². The molecule has 0 saturated carbocycles. The van der Waals surface area contributed by atoms with E-state index in [9.17, 15) is 25.0 Å². The van der Waals surface area contributed by atoms with Gasteiger partial charge in [-0.25, -0.2) is 0 Å². The molecule has 0 fully saturated rings. The number of carbonyl (C=O) groups excluding carboxylic acids is 1. The van der Waals surface area contributed by atoms with Gasteiger partial charge in [-0.2, -0.15) is 0 Å². The lowest BCUT2D eigenvalue weighted by molar-refractivity contribution is -0.385. The summed E-state index contributed by atoms with van der Waals surface area (Å²) in [5, 5.41) is 21.8. The van der Waals surface area contributed by atoms with Crippen LogP contribution in [0.25, 0.3) is 0 Å². The highest BCUT2D eigenvalue weighted by molar-refractivity contribution is 6.70. The van der Waals surface area contributed by atoms with Crippen LogP contribution in [0.4, 0.5) is 16.2 Å². The van der Waals surface area contributed by atoms with Crippen molar-refractivity contribution in [2.45, 2.75) is 66.1 Å². The molecule has 0 aromatic heterocycles. The molecule has 0 spiro atoms. The number of hydrogen-bond acceptors (Lipinski definition) is 6. The third kappa shape index (κ3) is 8.71. The third-order valence-corrected chi connectivity index (χ3v) is 4.98. The zero-order chi connectivity index (χ0) is 25.1. The van der Waals surface area contributed by atoms with Gasteiger partial charge in [0.1, 0.15) is 13.9 Å². The van der Waals surface area contributed by atoms with Gasteiger partial charge in [0.25, 0.3) is 18.7 Å². The first kappa shape index (κ1) is 27.9. The second-order valence-electron chi connectivity index (χ2n) is 8.11. The van der Waals surface area contributed by atoms with Crippen LogP contribution < -0.4 is 0 Å². The second-order valence-corrected chi connectivity index (χ2v) is 8.11. The number of benzene rings is 2. The van der Waals surface area contributed by atoms with Crippen molar-refractivity contribution in [3.8, 4) is 0 Å². The Morgan fingerprint density at radius 3 is 1.73 bits per heavy atom. The van der Waals surface area contributed by atoms with E-state index in [1.165, 1.54) is 13.3 Å². The lowest BCUT2D eigenvalue weighted by Crippen LogP contribution is -2.09. The summed E-state index contributed by atoms with van der Waals surface area (Å²) in [5.74, 6) is 0.0462. The molecule has 33 heavy (non-hydrogen) atoms. The van der Waals surface area contributed by atoms with Gasteiger partial charge in [0, 0.05) is 17.7 Å². The van der Waals surface area contributed by atoms with Crippen LogP contribution in [0.5, 0.6) is 0 Å². The van der Waals surface area contributed by atoms with Gasteiger partial charge in [-0.3, -0.25) is 25.0 Å². The average molecular weight is 452 g/mol. The maximum Gasteiger partial charge on any atom is 0.276 e. The Labute approximate surface area is 196 Å². The van der Waals surface area contributed by atoms with E-state index in [1.54, 1.807) is 19.0 Å². The van der Waals surface area contributed by atoms with Gasteiger partial charge in [0.15, 0.2) is 0 Å². The number of carbonyl (C=O) groups is 1. The Kier molecular flexibility index (Phi) is 11.3. The average Bonchev–Trinajstić information content (AvgIpc) is 2.77. The van der Waals surface area contributed by atoms with Crippen molar-refractivity contribution in [2.75, 3.05) is 0 Å². The van der Waals surface area contributed by atoms with Gasteiger partial charge in [-0.1, -0.05) is 59.5 Å². The van der Waals surface area contributed by atoms with Gasteiger partial charge in [-0.15, -0.1) is 0 Å². The number of nitro benzene ring substituents is 2. The Morgan fingerprint density at radius 2 is 1.33 bits per heavy atom. The van der Waals surface area contributed by atoms with Crippen molar-refractivity contribution >= 4 is 31.8 Å². The number of rotatable bonds is 9. The molecule has 0 atom stereocenters. The first-order valence-electron chi connectivity index (χ1n) is 10.8. The van der Waals surface area contributed by atoms with Gasteiger partial charge < -0.3 is 4.74 Å². The van der Waals surface area contributed by atoms with E-state index >= 15 is 0 Å². The highest BCUT2D eigenvalue weighted by atomic mass is 16.6. The molecular formula is C23H30B2N2O6. The molecule has 2 aromatic carbocycles. The van der Waals surface area contributed by atoms with Gasteiger partial charge in [0.05, 0.1) is 15.4 Å². The molecule has 0 N–H and O–H groups in total. The summed E-state index contributed by atoms with van der Waals surface area (Å²) in [4.78, 5) is 32.1. The number of nitro groups is 2. The highest BCUT2D eigenvalue weighted by Gasteiger charge is 2.17. The number of hydrogen-bond donors (Lipinski definition) is 0. The van der Waals surface area contributed by atoms with E-state index in [4.69, 9.17) is 4.74 Å². The fourth-order valence-corrected chi connectivity index (χ4v) is 2.97. The van der Waals surface area contributed by atoms with E-state index in [0.717, 1.165) is 16.7 Å². The van der Waals surface area contributed by atoms with E-state index < -0.39 is 10.8 Å². The molecule has 0 aliphatic carbocycles. The summed E-state index contributed by atoms with van der Waals surface area (Å²) < 4.78 is 4.87. The minimum absolute atomic E-state index is 0.00916. The Bertz CT molecular complexity index is 979. The van der Waals surface area contributed by atoms with Crippen LogP contribution in [0, 0.1) is 20.2 Å². The van der Waals surface area contributed by atoms with Crippen LogP contribution in [0.3, 0.4) is 0 Å². The van der Waals surface area contributed by atoms with Crippen molar-refractivity contribution in [3.63, 3.8) is 0 Å². The summed E-state index contributed by atoms with van der Waals surface area (Å²) in [7, 11) is 3.20. The minimum Gasteiger partial charge on any atom is -0.469 e. The van der Waals surface area contributed by atoms with Crippen LogP contribution in [0.1, 0.15) is 61.8 Å². The van der Waals surface area contributed by atoms with Crippen LogP contribution in [-0.2, 0) is 17.7 Å². The van der Waals surface area contributed by atoms with Crippen LogP contribution in [0.2, 0.25) is 13.6 Å². The van der Waals surface area contributed by atoms with Crippen molar-refractivity contribution < 1.29 is 19.4 Å². The first-order chi connectivity index (χ1) is 15.5. The normalized spacial score (nSPS) is 10.3. The Hall–Kier alpha value is -3.16. The van der Waals surface area contributed by atoms with Crippen LogP contribution >= 0.6 is 0 Å². The molecule has 2 aromatic rings. The van der Waals surface area contributed by atoms with Crippen molar-refractivity contribution in [1.82, 2.24) is 0 Å². The largest absolute Gasteiger partial charge is 0.469 e. The van der Waals surface area contributed by atoms with Crippen LogP contribution in [0.15, 0.2) is 36.4 Å². The fourth-order valence-electron chi connectivity index (χ4n) is 2.97. The second kappa shape index (κ2) is 13.4. The summed E-state index contributed by atoms with van der Waals surface area (Å²) >= 11 is 0. The highest BCUT2D eigenvalue weighted by Crippen LogP contribution is 2.26. The monoisotopic (exact) mass is 452 g/mol. The maximum atomic E-state index is 11.0. The van der Waals surface area contributed by atoms with E-state index in [1.807, 2.05) is 60.0 Å². The fraction of sp³-hybridized carbons (Fsp3) is 0.435. The van der Waals surface area contributed by atoms with Crippen molar-refractivity contribution in [2.24, 2.45) is 0 Å². The molecule has 0 heterocycles. The van der Waals surface area contributed by atoms with Crippen molar-refractivity contribution in [3.05, 3.63) is 78.9 Å². The molecule has 8 nitrogen and oxygen atoms in total. The summed E-state index contributed by atoms with van der Waals surface area (Å²) in [6.45, 7) is 11.4. The predicted octanol–water partition coefficient (Wildman–Crippen LogP) is 6.08. The molecule has 10 heteroatoms. The standard InChI is InChI=1S/C12H15BNO4.C11H15BNO2/c1-8(2)9-4-5-10(7-18-12(15)13-3)11(6-9)14(16)17;1-8(2)9-4-5-10(7-12-3)11(6-9)13(14)15/h4-6,8H,7H2,1-3H3;4-6,8H,7H2,1-3H3. The minimum atomic E-state index is -0.489. The third-order valence-electron chi connectivity index (χ3n) is 4.98. The zero-order valence-electron chi connectivity index (χ0n) is 20.0. The smallest absolute Gasteiger partial charge is 0.276 e. The molecule has 2 radical (unpaired) electrons. The molecule has 0 aliphatic rings. The molecule has 0 aliphatic heterocycles. The lowest BCUT2D eigenvalue weighted by Gasteiger charge is -2.08. The predicted molar refractivity (Wildman–Crippen MR) is 131 cm³/mol. The van der Waals surface area contributed by atoms with E-state index in [-0.39, 0.29) is 28.8 Å². The topological polar surface area (TPSA) is 113 Å². The molecule has 0 amide bonds. The first-order valence-corrected chi connectivity index (χ1v) is 10.8. The lowest BCUT2D eigenvalue weighted by atomic mass is 9.74. The van der Waals surface area contributed by atoms with E-state index in [2.05, 4.69) is 0 Å². The quantitative estimate of drug-likeness (QED) is 0.259. The summed E-state index contributed by atoms with van der Waals surface area (Å²) in [6, 6.07) is 10.5. The maximum absolute atomic E-state index is 11.0. The molecule has 0 bridgehead atoms. The molecule has 0 unspecified atom stereocenters. The van der Waals surface area contributed by atoms with Gasteiger partial charge in [-0.05, 0) is 35.3 Å². The summed E-state index contributed by atoms with van der Waals surface area (Å²) in [6.07, 6.45) is 0.648. The van der Waals surface area contributed by atoms with Crippen LogP contribution in [-0.4, -0.2) is 30.3 Å². The number of ether oxygens (including phenoxy) is 1. The van der Waals surface area contributed by atoms with Gasteiger partial charge >= 0.3 is 0 Å². The molecule has 2 rings (SSSR count). The zero-order valence-corrected chi connectivity index (χ0v) is 20.0. The van der Waals surface area contributed by atoms with E-state index in [0.29, 0.717) is 17.8 Å². The number of nitrogens with zero attached hydrogens (tertiary/aromatic N) is 2. The SMILES string of the molecule is C[B]C(=O)OCc1ccc(C(C)C)cc1[N+](=O)[O-].C[B]Cc1ccc(C(C)C)cc1[N+](=O)[O-]. The molecular weight excluding hydrogens is 422 g/mol. The Morgan fingerprint density at radius 1 is 0.879 bits per heavy atom. The summed E-state index contributed by atoms with van der Waals surface area (Å²) in [5.41, 5.74) is 3.32.